The number of nitrogens with zero attached hydrogens (tertiary/aromatic N) is 2. The molecule has 3 rings (SSSR count). The van der Waals surface area contributed by atoms with Crippen molar-refractivity contribution < 1.29 is 18.4 Å². The van der Waals surface area contributed by atoms with Gasteiger partial charge in [-0.3, -0.25) is 4.79 Å². The van der Waals surface area contributed by atoms with Gasteiger partial charge in [-0.15, -0.1) is 0 Å². The fraction of sp³-hybridized carbons (Fsp3) is 0.400. The van der Waals surface area contributed by atoms with Crippen LogP contribution in [-0.2, 0) is 6.42 Å². The number of benzene rings is 1. The average Bonchev–Trinajstić information content (AvgIpc) is 3.14. The highest BCUT2D eigenvalue weighted by Crippen LogP contribution is 2.22. The highest BCUT2D eigenvalue weighted by Gasteiger charge is 2.24. The molecule has 0 spiro atoms. The predicted octanol–water partition coefficient (Wildman–Crippen LogP) is 3.08. The van der Waals surface area contributed by atoms with E-state index in [4.69, 9.17) is 4.42 Å². The molecule has 27 heavy (non-hydrogen) atoms. The number of nitrogens with one attached hydrogen (secondary N) is 1. The SMILES string of the molecule is CC(=O)c1ccc(N2CCN(C(=O)NC(C)Cc3ccco3)CC2)c(F)c1. The minimum Gasteiger partial charge on any atom is -0.469 e. The van der Waals surface area contributed by atoms with Crippen molar-refractivity contribution in [3.63, 3.8) is 0 Å². The van der Waals surface area contributed by atoms with Gasteiger partial charge in [0.15, 0.2) is 5.78 Å². The van der Waals surface area contributed by atoms with E-state index in [1.807, 2.05) is 24.0 Å². The normalized spacial score (nSPS) is 15.5. The van der Waals surface area contributed by atoms with E-state index >= 15 is 0 Å². The monoisotopic (exact) mass is 373 g/mol. The number of carbonyl (C=O) groups excluding carboxylic acids is 2. The Morgan fingerprint density at radius 2 is 1.96 bits per heavy atom. The van der Waals surface area contributed by atoms with Gasteiger partial charge in [-0.25, -0.2) is 9.18 Å². The van der Waals surface area contributed by atoms with Gasteiger partial charge in [0.2, 0.25) is 0 Å². The van der Waals surface area contributed by atoms with Crippen LogP contribution in [0.1, 0.15) is 30.0 Å². The van der Waals surface area contributed by atoms with Crippen molar-refractivity contribution in [1.29, 1.82) is 0 Å². The minimum absolute atomic E-state index is 0.0433. The molecular formula is C20H24FN3O3. The average molecular weight is 373 g/mol. The van der Waals surface area contributed by atoms with Gasteiger partial charge in [-0.05, 0) is 44.2 Å². The first-order valence-electron chi connectivity index (χ1n) is 9.07. The summed E-state index contributed by atoms with van der Waals surface area (Å²) in [6.07, 6.45) is 2.25. The second-order valence-corrected chi connectivity index (χ2v) is 6.83. The van der Waals surface area contributed by atoms with E-state index in [0.29, 0.717) is 43.9 Å². The Labute approximate surface area is 157 Å². The van der Waals surface area contributed by atoms with Crippen LogP contribution < -0.4 is 10.2 Å². The molecule has 1 saturated heterocycles. The number of hydrogen-bond donors (Lipinski definition) is 1. The van der Waals surface area contributed by atoms with Crippen molar-refractivity contribution >= 4 is 17.5 Å². The first-order chi connectivity index (χ1) is 12.9. The van der Waals surface area contributed by atoms with E-state index in [-0.39, 0.29) is 17.9 Å². The Bertz CT molecular complexity index is 799. The van der Waals surface area contributed by atoms with Crippen molar-refractivity contribution in [2.75, 3.05) is 31.1 Å². The van der Waals surface area contributed by atoms with Crippen LogP contribution in [0.2, 0.25) is 0 Å². The number of rotatable bonds is 5. The molecule has 144 valence electrons. The third kappa shape index (κ3) is 4.67. The fourth-order valence-corrected chi connectivity index (χ4v) is 3.22. The van der Waals surface area contributed by atoms with Crippen LogP contribution in [0.5, 0.6) is 0 Å². The van der Waals surface area contributed by atoms with E-state index < -0.39 is 5.82 Å². The highest BCUT2D eigenvalue weighted by molar-refractivity contribution is 5.94. The van der Waals surface area contributed by atoms with Gasteiger partial charge in [0.05, 0.1) is 12.0 Å². The number of hydrogen-bond acceptors (Lipinski definition) is 4. The molecule has 1 aromatic heterocycles. The summed E-state index contributed by atoms with van der Waals surface area (Å²) in [5.74, 6) is 0.260. The maximum atomic E-state index is 14.3. The van der Waals surface area contributed by atoms with Crippen molar-refractivity contribution in [2.45, 2.75) is 26.3 Å². The van der Waals surface area contributed by atoms with Crippen molar-refractivity contribution in [1.82, 2.24) is 10.2 Å². The third-order valence-corrected chi connectivity index (χ3v) is 4.72. The second kappa shape index (κ2) is 8.24. The summed E-state index contributed by atoms with van der Waals surface area (Å²) >= 11 is 0. The molecule has 1 N–H and O–H groups in total. The zero-order valence-electron chi connectivity index (χ0n) is 15.6. The molecule has 0 radical (unpaired) electrons. The highest BCUT2D eigenvalue weighted by atomic mass is 19.1. The van der Waals surface area contributed by atoms with Gasteiger partial charge < -0.3 is 19.5 Å². The molecule has 2 heterocycles. The van der Waals surface area contributed by atoms with Crippen molar-refractivity contribution in [3.8, 4) is 0 Å². The lowest BCUT2D eigenvalue weighted by Gasteiger charge is -2.36. The number of carbonyl (C=O) groups is 2. The zero-order valence-corrected chi connectivity index (χ0v) is 15.6. The van der Waals surface area contributed by atoms with Gasteiger partial charge in [0, 0.05) is 44.2 Å². The number of Topliss-reactive ketones (excluding diaryl/α,β-unsaturated/α-hetero) is 1. The molecule has 0 aliphatic carbocycles. The number of urea groups is 1. The summed E-state index contributed by atoms with van der Waals surface area (Å²) in [5, 5.41) is 2.97. The number of amides is 2. The second-order valence-electron chi connectivity index (χ2n) is 6.83. The lowest BCUT2D eigenvalue weighted by atomic mass is 10.1. The minimum atomic E-state index is -0.410. The Hall–Kier alpha value is -2.83. The Morgan fingerprint density at radius 1 is 1.22 bits per heavy atom. The fourth-order valence-electron chi connectivity index (χ4n) is 3.22. The lowest BCUT2D eigenvalue weighted by molar-refractivity contribution is 0.101. The van der Waals surface area contributed by atoms with E-state index in [9.17, 15) is 14.0 Å². The first-order valence-corrected chi connectivity index (χ1v) is 9.07. The molecule has 1 aliphatic rings. The number of piperazine rings is 1. The van der Waals surface area contributed by atoms with E-state index in [0.717, 1.165) is 5.76 Å². The van der Waals surface area contributed by atoms with Crippen LogP contribution in [-0.4, -0.2) is 48.9 Å². The molecule has 1 unspecified atom stereocenters. The lowest BCUT2D eigenvalue weighted by Crippen LogP contribution is -2.53. The van der Waals surface area contributed by atoms with Gasteiger partial charge in [-0.1, -0.05) is 0 Å². The van der Waals surface area contributed by atoms with Crippen LogP contribution in [0, 0.1) is 5.82 Å². The number of ketones is 1. The molecule has 7 heteroatoms. The molecular weight excluding hydrogens is 349 g/mol. The summed E-state index contributed by atoms with van der Waals surface area (Å²) in [6, 6.07) is 8.08. The summed E-state index contributed by atoms with van der Waals surface area (Å²) < 4.78 is 19.6. The molecule has 1 aliphatic heterocycles. The number of halogens is 1. The molecule has 1 fully saturated rings. The quantitative estimate of drug-likeness (QED) is 0.818. The predicted molar refractivity (Wildman–Crippen MR) is 101 cm³/mol. The first kappa shape index (κ1) is 18.9. The maximum Gasteiger partial charge on any atom is 0.317 e. The van der Waals surface area contributed by atoms with E-state index in [1.165, 1.54) is 13.0 Å². The third-order valence-electron chi connectivity index (χ3n) is 4.72. The van der Waals surface area contributed by atoms with Crippen molar-refractivity contribution in [3.05, 3.63) is 53.7 Å². The molecule has 2 aromatic rings. The van der Waals surface area contributed by atoms with Crippen LogP contribution in [0.4, 0.5) is 14.9 Å². The van der Waals surface area contributed by atoms with Crippen LogP contribution in [0.15, 0.2) is 41.0 Å². The topological polar surface area (TPSA) is 65.8 Å². The standard InChI is InChI=1S/C20H24FN3O3/c1-14(12-17-4-3-11-27-17)22-20(26)24-9-7-23(8-10-24)19-6-5-16(15(2)25)13-18(19)21/h3-6,11,13-14H,7-10,12H2,1-2H3,(H,22,26). The van der Waals surface area contributed by atoms with Gasteiger partial charge in [-0.2, -0.15) is 0 Å². The van der Waals surface area contributed by atoms with E-state index in [2.05, 4.69) is 5.32 Å². The molecule has 1 aromatic carbocycles. The van der Waals surface area contributed by atoms with Crippen LogP contribution in [0.3, 0.4) is 0 Å². The zero-order chi connectivity index (χ0) is 19.4. The smallest absolute Gasteiger partial charge is 0.317 e. The number of furan rings is 1. The molecule has 2 amide bonds. The summed E-state index contributed by atoms with van der Waals surface area (Å²) in [7, 11) is 0. The maximum absolute atomic E-state index is 14.3. The van der Waals surface area contributed by atoms with E-state index in [1.54, 1.807) is 23.3 Å². The van der Waals surface area contributed by atoms with Crippen molar-refractivity contribution in [2.24, 2.45) is 0 Å². The Kier molecular flexibility index (Phi) is 5.78. The van der Waals surface area contributed by atoms with Crippen LogP contribution in [0.25, 0.3) is 0 Å². The molecule has 0 saturated carbocycles. The van der Waals surface area contributed by atoms with Gasteiger partial charge in [0.25, 0.3) is 0 Å². The molecule has 1 atom stereocenters. The van der Waals surface area contributed by atoms with Gasteiger partial charge in [0.1, 0.15) is 11.6 Å². The van der Waals surface area contributed by atoms with Crippen LogP contribution >= 0.6 is 0 Å². The molecule has 0 bridgehead atoms. The number of anilines is 1. The Morgan fingerprint density at radius 3 is 2.56 bits per heavy atom. The molecule has 6 nitrogen and oxygen atoms in total. The largest absolute Gasteiger partial charge is 0.469 e. The Balaban J connectivity index is 1.52. The summed E-state index contributed by atoms with van der Waals surface area (Å²) in [4.78, 5) is 27.4. The summed E-state index contributed by atoms with van der Waals surface area (Å²) in [5.41, 5.74) is 0.825. The van der Waals surface area contributed by atoms with Gasteiger partial charge >= 0.3 is 6.03 Å². The summed E-state index contributed by atoms with van der Waals surface area (Å²) in [6.45, 7) is 5.44.